The normalized spacial score (nSPS) is 15.7. The molecule has 0 spiro atoms. The zero-order valence-corrected chi connectivity index (χ0v) is 16.0. The Kier molecular flexibility index (Phi) is 5.30. The molecule has 2 amide bonds. The van der Waals surface area contributed by atoms with Crippen LogP contribution in [0.25, 0.3) is 11.0 Å². The highest BCUT2D eigenvalue weighted by Gasteiger charge is 2.27. The molecular weight excluding hydrogens is 348 g/mol. The molecule has 1 aromatic heterocycles. The molecule has 1 aromatic carbocycles. The highest BCUT2D eigenvalue weighted by Crippen LogP contribution is 2.29. The van der Waals surface area contributed by atoms with Crippen LogP contribution in [0.3, 0.4) is 0 Å². The van der Waals surface area contributed by atoms with Crippen molar-refractivity contribution in [1.29, 1.82) is 0 Å². The Balaban J connectivity index is 1.63. The molecule has 0 bridgehead atoms. The molecule has 1 aliphatic heterocycles. The molecule has 0 aliphatic carbocycles. The maximum Gasteiger partial charge on any atom is 0.410 e. The number of piperidine rings is 1. The summed E-state index contributed by atoms with van der Waals surface area (Å²) in [5.41, 5.74) is 6.20. The first kappa shape index (κ1) is 19.1. The Morgan fingerprint density at radius 2 is 1.96 bits per heavy atom. The molecule has 0 atom stereocenters. The molecule has 1 fully saturated rings. The van der Waals surface area contributed by atoms with Crippen LogP contribution in [0.4, 0.5) is 4.79 Å². The van der Waals surface area contributed by atoms with Crippen LogP contribution >= 0.6 is 0 Å². The van der Waals surface area contributed by atoms with Crippen LogP contribution in [0.5, 0.6) is 5.75 Å². The standard InChI is InChI=1S/C20H26N2O5/c1-20(2,3)27-19(24)22-7-4-15(5-8-22)26-16-10-13-6-9-25-18(13)14(11-16)12-17(21)23/h6,9-11,15H,4-5,7-8,12H2,1-3H3,(H2,21,23). The zero-order chi connectivity index (χ0) is 19.6. The summed E-state index contributed by atoms with van der Waals surface area (Å²) in [6.07, 6.45) is 2.82. The Morgan fingerprint density at radius 3 is 2.59 bits per heavy atom. The summed E-state index contributed by atoms with van der Waals surface area (Å²) < 4.78 is 17.0. The number of nitrogens with zero attached hydrogens (tertiary/aromatic N) is 1. The lowest BCUT2D eigenvalue weighted by Crippen LogP contribution is -2.44. The molecule has 2 aromatic rings. The van der Waals surface area contributed by atoms with Crippen LogP contribution in [0, 0.1) is 0 Å². The van der Waals surface area contributed by atoms with Gasteiger partial charge in [-0.1, -0.05) is 0 Å². The minimum atomic E-state index is -0.499. The monoisotopic (exact) mass is 374 g/mol. The number of hydrogen-bond acceptors (Lipinski definition) is 5. The number of rotatable bonds is 4. The van der Waals surface area contributed by atoms with E-state index < -0.39 is 11.5 Å². The quantitative estimate of drug-likeness (QED) is 0.886. The first-order valence-corrected chi connectivity index (χ1v) is 9.14. The highest BCUT2D eigenvalue weighted by molar-refractivity contribution is 5.87. The van der Waals surface area contributed by atoms with Crippen LogP contribution in [-0.4, -0.2) is 41.7 Å². The predicted octanol–water partition coefficient (Wildman–Crippen LogP) is 3.24. The van der Waals surface area contributed by atoms with Crippen LogP contribution in [0.15, 0.2) is 28.9 Å². The number of nitrogens with two attached hydrogens (primary N) is 1. The number of hydrogen-bond donors (Lipinski definition) is 1. The van der Waals surface area contributed by atoms with E-state index in [1.807, 2.05) is 32.9 Å². The molecular formula is C20H26N2O5. The van der Waals surface area contributed by atoms with E-state index >= 15 is 0 Å². The number of fused-ring (bicyclic) bond motifs is 1. The third-order valence-corrected chi connectivity index (χ3v) is 4.36. The molecule has 0 saturated carbocycles. The summed E-state index contributed by atoms with van der Waals surface area (Å²) >= 11 is 0. The van der Waals surface area contributed by atoms with Crippen molar-refractivity contribution in [3.8, 4) is 5.75 Å². The first-order valence-electron chi connectivity index (χ1n) is 9.14. The van der Waals surface area contributed by atoms with Crippen molar-refractivity contribution in [3.05, 3.63) is 30.0 Å². The number of carbonyl (C=O) groups is 2. The van der Waals surface area contributed by atoms with Gasteiger partial charge in [0.1, 0.15) is 23.0 Å². The van der Waals surface area contributed by atoms with Gasteiger partial charge in [0, 0.05) is 36.9 Å². The number of carbonyl (C=O) groups excluding carboxylic acids is 2. The van der Waals surface area contributed by atoms with Gasteiger partial charge in [-0.2, -0.15) is 0 Å². The molecule has 1 aliphatic rings. The van der Waals surface area contributed by atoms with Gasteiger partial charge < -0.3 is 24.5 Å². The van der Waals surface area contributed by atoms with E-state index in [0.717, 1.165) is 5.39 Å². The number of ether oxygens (including phenoxy) is 2. The predicted molar refractivity (Wildman–Crippen MR) is 101 cm³/mol. The molecule has 7 heteroatoms. The van der Waals surface area contributed by atoms with E-state index in [1.54, 1.807) is 17.2 Å². The SMILES string of the molecule is CC(C)(C)OC(=O)N1CCC(Oc2cc(CC(N)=O)c3occc3c2)CC1. The fourth-order valence-corrected chi connectivity index (χ4v) is 3.19. The summed E-state index contributed by atoms with van der Waals surface area (Å²) in [6.45, 7) is 6.74. The molecule has 0 radical (unpaired) electrons. The second kappa shape index (κ2) is 7.50. The van der Waals surface area contributed by atoms with Gasteiger partial charge in [0.25, 0.3) is 0 Å². The van der Waals surface area contributed by atoms with Gasteiger partial charge in [-0.25, -0.2) is 4.79 Å². The van der Waals surface area contributed by atoms with E-state index in [4.69, 9.17) is 19.6 Å². The van der Waals surface area contributed by atoms with Crippen LogP contribution in [-0.2, 0) is 16.0 Å². The molecule has 0 unspecified atom stereocenters. The second-order valence-corrected chi connectivity index (χ2v) is 7.85. The molecule has 1 saturated heterocycles. The van der Waals surface area contributed by atoms with Gasteiger partial charge in [-0.15, -0.1) is 0 Å². The Bertz CT molecular complexity index is 828. The van der Waals surface area contributed by atoms with E-state index in [0.29, 0.717) is 42.8 Å². The van der Waals surface area contributed by atoms with Gasteiger partial charge in [0.05, 0.1) is 12.7 Å². The fourth-order valence-electron chi connectivity index (χ4n) is 3.19. The number of amides is 2. The topological polar surface area (TPSA) is 95.0 Å². The molecule has 3 rings (SSSR count). The largest absolute Gasteiger partial charge is 0.490 e. The van der Waals surface area contributed by atoms with Crippen LogP contribution in [0.1, 0.15) is 39.2 Å². The van der Waals surface area contributed by atoms with Gasteiger partial charge in [0.15, 0.2) is 0 Å². The lowest BCUT2D eigenvalue weighted by atomic mass is 10.1. The Hall–Kier alpha value is -2.70. The second-order valence-electron chi connectivity index (χ2n) is 7.85. The molecule has 2 heterocycles. The van der Waals surface area contributed by atoms with Crippen molar-refractivity contribution in [3.63, 3.8) is 0 Å². The minimum absolute atomic E-state index is 0.00512. The summed E-state index contributed by atoms with van der Waals surface area (Å²) in [7, 11) is 0. The van der Waals surface area contributed by atoms with Gasteiger partial charge >= 0.3 is 6.09 Å². The average molecular weight is 374 g/mol. The van der Waals surface area contributed by atoms with Crippen molar-refractivity contribution < 1.29 is 23.5 Å². The van der Waals surface area contributed by atoms with Gasteiger partial charge in [0.2, 0.25) is 5.91 Å². The molecule has 7 nitrogen and oxygen atoms in total. The third kappa shape index (κ3) is 4.93. The van der Waals surface area contributed by atoms with Crippen molar-refractivity contribution in [2.24, 2.45) is 5.73 Å². The van der Waals surface area contributed by atoms with Gasteiger partial charge in [-0.3, -0.25) is 4.79 Å². The van der Waals surface area contributed by atoms with E-state index in [9.17, 15) is 9.59 Å². The zero-order valence-electron chi connectivity index (χ0n) is 16.0. The Morgan fingerprint density at radius 1 is 1.26 bits per heavy atom. The highest BCUT2D eigenvalue weighted by atomic mass is 16.6. The lowest BCUT2D eigenvalue weighted by molar-refractivity contribution is -0.117. The van der Waals surface area contributed by atoms with Crippen molar-refractivity contribution in [2.75, 3.05) is 13.1 Å². The number of benzene rings is 1. The van der Waals surface area contributed by atoms with Crippen molar-refractivity contribution in [2.45, 2.75) is 51.7 Å². The summed E-state index contributed by atoms with van der Waals surface area (Å²) in [5, 5.41) is 0.870. The molecule has 27 heavy (non-hydrogen) atoms. The average Bonchev–Trinajstić information content (AvgIpc) is 3.02. The third-order valence-electron chi connectivity index (χ3n) is 4.36. The molecule has 146 valence electrons. The maximum absolute atomic E-state index is 12.2. The number of furan rings is 1. The van der Waals surface area contributed by atoms with Crippen molar-refractivity contribution in [1.82, 2.24) is 4.90 Å². The summed E-state index contributed by atoms with van der Waals surface area (Å²) in [5.74, 6) is 0.256. The van der Waals surface area contributed by atoms with Crippen LogP contribution in [0.2, 0.25) is 0 Å². The smallest absolute Gasteiger partial charge is 0.410 e. The maximum atomic E-state index is 12.2. The first-order chi connectivity index (χ1) is 12.7. The van der Waals surface area contributed by atoms with Gasteiger partial charge in [-0.05, 0) is 39.0 Å². The molecule has 2 N–H and O–H groups in total. The lowest BCUT2D eigenvalue weighted by Gasteiger charge is -2.33. The summed E-state index contributed by atoms with van der Waals surface area (Å²) in [4.78, 5) is 25.2. The van der Waals surface area contributed by atoms with E-state index in [-0.39, 0.29) is 18.6 Å². The van der Waals surface area contributed by atoms with E-state index in [1.165, 1.54) is 0 Å². The van der Waals surface area contributed by atoms with Crippen LogP contribution < -0.4 is 10.5 Å². The van der Waals surface area contributed by atoms with Crippen molar-refractivity contribution >= 4 is 23.0 Å². The number of likely N-dealkylation sites (tertiary alicyclic amines) is 1. The minimum Gasteiger partial charge on any atom is -0.490 e. The number of primary amides is 1. The van der Waals surface area contributed by atoms with E-state index in [2.05, 4.69) is 0 Å². The fraction of sp³-hybridized carbons (Fsp3) is 0.500. The summed E-state index contributed by atoms with van der Waals surface area (Å²) in [6, 6.07) is 5.53. The Labute approximate surface area is 158 Å².